The molecular formula is C16H16N2O2. The fourth-order valence-electron chi connectivity index (χ4n) is 2.72. The number of aryl methyl sites for hydroxylation is 1. The molecular weight excluding hydrogens is 252 g/mol. The van der Waals surface area contributed by atoms with E-state index in [1.165, 1.54) is 30.2 Å². The number of aromatic nitrogens is 1. The highest BCUT2D eigenvalue weighted by molar-refractivity contribution is 5.94. The molecule has 1 aliphatic carbocycles. The molecule has 1 heterocycles. The molecule has 0 saturated carbocycles. The summed E-state index contributed by atoms with van der Waals surface area (Å²) in [5.41, 5.74) is 4.47. The van der Waals surface area contributed by atoms with Crippen LogP contribution in [0.25, 0.3) is 0 Å². The molecule has 20 heavy (non-hydrogen) atoms. The maximum Gasteiger partial charge on any atom is 0.339 e. The van der Waals surface area contributed by atoms with Gasteiger partial charge in [-0.15, -0.1) is 0 Å². The van der Waals surface area contributed by atoms with Gasteiger partial charge in [-0.05, 0) is 48.9 Å². The number of nitrogens with one attached hydrogen (secondary N) is 1. The molecule has 0 amide bonds. The average Bonchev–Trinajstić information content (AvgIpc) is 2.48. The Morgan fingerprint density at radius 2 is 2.00 bits per heavy atom. The first-order valence-electron chi connectivity index (χ1n) is 6.81. The van der Waals surface area contributed by atoms with E-state index in [2.05, 4.69) is 16.4 Å². The summed E-state index contributed by atoms with van der Waals surface area (Å²) in [5, 5.41) is 12.5. The smallest absolute Gasteiger partial charge is 0.339 e. The zero-order valence-corrected chi connectivity index (χ0v) is 11.1. The summed E-state index contributed by atoms with van der Waals surface area (Å²) in [6.07, 6.45) is 7.54. The maximum absolute atomic E-state index is 11.2. The van der Waals surface area contributed by atoms with Crippen molar-refractivity contribution in [3.63, 3.8) is 0 Å². The summed E-state index contributed by atoms with van der Waals surface area (Å²) in [4.78, 5) is 15.1. The number of nitrogens with zero attached hydrogens (tertiary/aromatic N) is 1. The van der Waals surface area contributed by atoms with Crippen molar-refractivity contribution in [3.8, 4) is 0 Å². The highest BCUT2D eigenvalue weighted by Gasteiger charge is 2.15. The van der Waals surface area contributed by atoms with Crippen molar-refractivity contribution in [1.82, 2.24) is 4.98 Å². The quantitative estimate of drug-likeness (QED) is 0.895. The molecule has 0 spiro atoms. The predicted molar refractivity (Wildman–Crippen MR) is 77.6 cm³/mol. The van der Waals surface area contributed by atoms with Crippen LogP contribution in [0, 0.1) is 0 Å². The summed E-state index contributed by atoms with van der Waals surface area (Å²) in [6.45, 7) is 0. The third kappa shape index (κ3) is 2.37. The topological polar surface area (TPSA) is 62.2 Å². The molecule has 0 fully saturated rings. The second-order valence-electron chi connectivity index (χ2n) is 5.00. The fourth-order valence-corrected chi connectivity index (χ4v) is 2.72. The number of pyridine rings is 1. The Hall–Kier alpha value is -2.36. The summed E-state index contributed by atoms with van der Waals surface area (Å²) in [5.74, 6) is -0.967. The molecule has 0 saturated heterocycles. The van der Waals surface area contributed by atoms with E-state index >= 15 is 0 Å². The number of hydrogen-bond acceptors (Lipinski definition) is 3. The maximum atomic E-state index is 11.2. The van der Waals surface area contributed by atoms with Gasteiger partial charge in [-0.2, -0.15) is 0 Å². The SMILES string of the molecule is O=C(O)c1cnccc1Nc1cccc2c1CCCC2. The van der Waals surface area contributed by atoms with Gasteiger partial charge in [0.25, 0.3) is 0 Å². The number of carboxylic acids is 1. The second kappa shape index (κ2) is 5.33. The van der Waals surface area contributed by atoms with Crippen molar-refractivity contribution >= 4 is 17.3 Å². The number of carboxylic acid groups (broad SMARTS) is 1. The lowest BCUT2D eigenvalue weighted by atomic mass is 9.90. The van der Waals surface area contributed by atoms with Crippen LogP contribution in [0.4, 0.5) is 11.4 Å². The van der Waals surface area contributed by atoms with Crippen LogP contribution in [0.1, 0.15) is 34.3 Å². The van der Waals surface area contributed by atoms with Gasteiger partial charge in [0, 0.05) is 18.1 Å². The van der Waals surface area contributed by atoms with E-state index in [0.29, 0.717) is 5.69 Å². The van der Waals surface area contributed by atoms with Crippen molar-refractivity contribution < 1.29 is 9.90 Å². The minimum Gasteiger partial charge on any atom is -0.478 e. The van der Waals surface area contributed by atoms with E-state index in [9.17, 15) is 9.90 Å². The summed E-state index contributed by atoms with van der Waals surface area (Å²) in [6, 6.07) is 7.89. The van der Waals surface area contributed by atoms with Gasteiger partial charge in [-0.1, -0.05) is 12.1 Å². The van der Waals surface area contributed by atoms with E-state index in [-0.39, 0.29) is 5.56 Å². The first-order valence-corrected chi connectivity index (χ1v) is 6.81. The van der Waals surface area contributed by atoms with Crippen molar-refractivity contribution in [2.45, 2.75) is 25.7 Å². The van der Waals surface area contributed by atoms with Crippen molar-refractivity contribution in [1.29, 1.82) is 0 Å². The van der Waals surface area contributed by atoms with E-state index in [1.807, 2.05) is 12.1 Å². The van der Waals surface area contributed by atoms with Gasteiger partial charge < -0.3 is 10.4 Å². The largest absolute Gasteiger partial charge is 0.478 e. The molecule has 0 bridgehead atoms. The first-order chi connectivity index (χ1) is 9.75. The van der Waals surface area contributed by atoms with Crippen LogP contribution in [0.2, 0.25) is 0 Å². The number of rotatable bonds is 3. The van der Waals surface area contributed by atoms with Crippen LogP contribution < -0.4 is 5.32 Å². The van der Waals surface area contributed by atoms with Gasteiger partial charge in [-0.25, -0.2) is 4.79 Å². The average molecular weight is 268 g/mol. The van der Waals surface area contributed by atoms with E-state index in [4.69, 9.17) is 0 Å². The van der Waals surface area contributed by atoms with Gasteiger partial charge in [0.2, 0.25) is 0 Å². The Labute approximate surface area is 117 Å². The van der Waals surface area contributed by atoms with Crippen molar-refractivity contribution in [2.24, 2.45) is 0 Å². The van der Waals surface area contributed by atoms with Gasteiger partial charge in [0.1, 0.15) is 5.56 Å². The van der Waals surface area contributed by atoms with E-state index in [1.54, 1.807) is 12.3 Å². The first kappa shape index (κ1) is 12.7. The Kier molecular flexibility index (Phi) is 3.37. The second-order valence-corrected chi connectivity index (χ2v) is 5.00. The summed E-state index contributed by atoms with van der Waals surface area (Å²) in [7, 11) is 0. The van der Waals surface area contributed by atoms with Crippen LogP contribution in [-0.2, 0) is 12.8 Å². The number of anilines is 2. The highest BCUT2D eigenvalue weighted by Crippen LogP contribution is 2.30. The van der Waals surface area contributed by atoms with Crippen LogP contribution >= 0.6 is 0 Å². The third-order valence-electron chi connectivity index (χ3n) is 3.72. The molecule has 102 valence electrons. The zero-order chi connectivity index (χ0) is 13.9. The molecule has 1 aliphatic rings. The van der Waals surface area contributed by atoms with E-state index < -0.39 is 5.97 Å². The zero-order valence-electron chi connectivity index (χ0n) is 11.1. The van der Waals surface area contributed by atoms with Crippen LogP contribution in [-0.4, -0.2) is 16.1 Å². The van der Waals surface area contributed by atoms with Crippen molar-refractivity contribution in [2.75, 3.05) is 5.32 Å². The van der Waals surface area contributed by atoms with Crippen molar-refractivity contribution in [3.05, 3.63) is 53.3 Å². The Bertz CT molecular complexity index is 653. The number of benzene rings is 1. The molecule has 0 radical (unpaired) electrons. The standard InChI is InChI=1S/C16H16N2O2/c19-16(20)13-10-17-9-8-15(13)18-14-7-3-5-11-4-1-2-6-12(11)14/h3,5,7-10H,1-2,4,6H2,(H,17,18)(H,19,20). The lowest BCUT2D eigenvalue weighted by Gasteiger charge is -2.20. The summed E-state index contributed by atoms with van der Waals surface area (Å²) >= 11 is 0. The van der Waals surface area contributed by atoms with Gasteiger partial charge in [0.15, 0.2) is 0 Å². The molecule has 4 nitrogen and oxygen atoms in total. The Morgan fingerprint density at radius 3 is 2.85 bits per heavy atom. The van der Waals surface area contributed by atoms with Crippen LogP contribution in [0.5, 0.6) is 0 Å². The lowest BCUT2D eigenvalue weighted by molar-refractivity contribution is 0.0697. The number of carbonyl (C=O) groups is 1. The number of aromatic carboxylic acids is 1. The molecule has 0 atom stereocenters. The number of fused-ring (bicyclic) bond motifs is 1. The normalized spacial score (nSPS) is 13.6. The minimum atomic E-state index is -0.967. The van der Waals surface area contributed by atoms with Gasteiger partial charge >= 0.3 is 5.97 Å². The van der Waals surface area contributed by atoms with E-state index in [0.717, 1.165) is 18.5 Å². The predicted octanol–water partition coefficient (Wildman–Crippen LogP) is 3.40. The Morgan fingerprint density at radius 1 is 1.15 bits per heavy atom. The Balaban J connectivity index is 1.98. The third-order valence-corrected chi connectivity index (χ3v) is 3.72. The molecule has 1 aromatic carbocycles. The lowest BCUT2D eigenvalue weighted by Crippen LogP contribution is -2.08. The monoisotopic (exact) mass is 268 g/mol. The number of hydrogen-bond donors (Lipinski definition) is 2. The molecule has 4 heteroatoms. The van der Waals surface area contributed by atoms with Crippen LogP contribution in [0.3, 0.4) is 0 Å². The van der Waals surface area contributed by atoms with Gasteiger partial charge in [0.05, 0.1) is 5.69 Å². The van der Waals surface area contributed by atoms with Gasteiger partial charge in [-0.3, -0.25) is 4.98 Å². The molecule has 2 aromatic rings. The van der Waals surface area contributed by atoms with Crippen LogP contribution in [0.15, 0.2) is 36.7 Å². The summed E-state index contributed by atoms with van der Waals surface area (Å²) < 4.78 is 0. The molecule has 0 unspecified atom stereocenters. The minimum absolute atomic E-state index is 0.195. The highest BCUT2D eigenvalue weighted by atomic mass is 16.4. The molecule has 0 aliphatic heterocycles. The molecule has 1 aromatic heterocycles. The molecule has 2 N–H and O–H groups in total. The molecule has 3 rings (SSSR count). The fraction of sp³-hybridized carbons (Fsp3) is 0.250.